The summed E-state index contributed by atoms with van der Waals surface area (Å²) in [5.74, 6) is 0.666. The number of nitrogens with zero attached hydrogens (tertiary/aromatic N) is 3. The molecule has 6 heteroatoms. The van der Waals surface area contributed by atoms with Crippen LogP contribution >= 0.6 is 0 Å². The van der Waals surface area contributed by atoms with Gasteiger partial charge in [-0.05, 0) is 24.1 Å². The number of aromatic nitrogens is 2. The maximum Gasteiger partial charge on any atom is 0.260 e. The average molecular weight is 351 g/mol. The summed E-state index contributed by atoms with van der Waals surface area (Å²) in [6.45, 7) is 2.96. The van der Waals surface area contributed by atoms with Gasteiger partial charge in [-0.25, -0.2) is 0 Å². The Morgan fingerprint density at radius 2 is 1.88 bits per heavy atom. The van der Waals surface area contributed by atoms with Crippen molar-refractivity contribution in [1.82, 2.24) is 14.0 Å². The molecule has 0 radical (unpaired) electrons. The molecule has 0 bridgehead atoms. The minimum absolute atomic E-state index is 0.128. The molecule has 3 heterocycles. The molecule has 3 aromatic rings. The van der Waals surface area contributed by atoms with Gasteiger partial charge in [0.05, 0.1) is 30.1 Å². The molecule has 4 rings (SSSR count). The van der Waals surface area contributed by atoms with Crippen LogP contribution in [0.15, 0.2) is 35.4 Å². The molecule has 0 atom stereocenters. The lowest BCUT2D eigenvalue weighted by Crippen LogP contribution is -2.27. The number of amides is 1. The van der Waals surface area contributed by atoms with Crippen LogP contribution in [-0.2, 0) is 27.2 Å². The van der Waals surface area contributed by atoms with E-state index >= 15 is 0 Å². The number of carbonyl (C=O) groups is 1. The highest BCUT2D eigenvalue weighted by atomic mass is 16.5. The minimum Gasteiger partial charge on any atom is -0.496 e. The first-order chi connectivity index (χ1) is 12.4. The topological polar surface area (TPSA) is 56.5 Å². The molecule has 2 aromatic heterocycles. The third kappa shape index (κ3) is 2.25. The Balaban J connectivity index is 1.81. The van der Waals surface area contributed by atoms with Crippen molar-refractivity contribution in [3.8, 4) is 5.75 Å². The highest BCUT2D eigenvalue weighted by Gasteiger charge is 2.29. The highest BCUT2D eigenvalue weighted by molar-refractivity contribution is 6.07. The normalized spacial score (nSPS) is 13.3. The van der Waals surface area contributed by atoms with Crippen LogP contribution in [0.2, 0.25) is 0 Å². The van der Waals surface area contributed by atoms with Crippen LogP contribution in [-0.4, -0.2) is 27.1 Å². The molecule has 1 aliphatic heterocycles. The molecule has 1 aliphatic rings. The van der Waals surface area contributed by atoms with E-state index in [1.54, 1.807) is 31.5 Å². The van der Waals surface area contributed by atoms with Gasteiger partial charge in [0.1, 0.15) is 5.75 Å². The molecule has 1 aromatic carbocycles. The van der Waals surface area contributed by atoms with Crippen molar-refractivity contribution in [2.24, 2.45) is 14.1 Å². The number of carbonyl (C=O) groups excluding carboxylic acids is 1. The van der Waals surface area contributed by atoms with E-state index in [1.165, 1.54) is 4.57 Å². The number of rotatable bonds is 2. The van der Waals surface area contributed by atoms with Gasteiger partial charge < -0.3 is 18.8 Å². The molecule has 0 fully saturated rings. The maximum atomic E-state index is 13.2. The highest BCUT2D eigenvalue weighted by Crippen LogP contribution is 2.32. The van der Waals surface area contributed by atoms with E-state index in [9.17, 15) is 9.59 Å². The van der Waals surface area contributed by atoms with Gasteiger partial charge >= 0.3 is 0 Å². The Hall–Kier alpha value is -3.02. The Kier molecular flexibility index (Phi) is 3.64. The monoisotopic (exact) mass is 351 g/mol. The Labute approximate surface area is 151 Å². The van der Waals surface area contributed by atoms with E-state index in [2.05, 4.69) is 0 Å². The zero-order valence-corrected chi connectivity index (χ0v) is 15.4. The van der Waals surface area contributed by atoms with Crippen molar-refractivity contribution < 1.29 is 9.53 Å². The van der Waals surface area contributed by atoms with Crippen LogP contribution in [0.25, 0.3) is 10.9 Å². The average Bonchev–Trinajstić information content (AvgIpc) is 3.20. The summed E-state index contributed by atoms with van der Waals surface area (Å²) in [4.78, 5) is 27.7. The fourth-order valence-electron chi connectivity index (χ4n) is 3.96. The third-order valence-corrected chi connectivity index (χ3v) is 5.15. The SMILES string of the molecule is COc1cccc2c1CN(C(=O)c1cn(C)c3c(C)cn(C)c(=O)c13)C2. The van der Waals surface area contributed by atoms with Gasteiger partial charge in [-0.1, -0.05) is 12.1 Å². The second kappa shape index (κ2) is 5.76. The first-order valence-electron chi connectivity index (χ1n) is 8.51. The molecule has 0 saturated heterocycles. The number of hydrogen-bond donors (Lipinski definition) is 0. The van der Waals surface area contributed by atoms with E-state index < -0.39 is 0 Å². The lowest BCUT2D eigenvalue weighted by Gasteiger charge is -2.15. The number of ether oxygens (including phenoxy) is 1. The lowest BCUT2D eigenvalue weighted by atomic mass is 10.1. The van der Waals surface area contributed by atoms with Crippen LogP contribution in [0.5, 0.6) is 5.75 Å². The molecule has 0 saturated carbocycles. The molecule has 0 spiro atoms. The zero-order chi connectivity index (χ0) is 18.6. The summed E-state index contributed by atoms with van der Waals surface area (Å²) in [7, 11) is 5.22. The van der Waals surface area contributed by atoms with Crippen molar-refractivity contribution >= 4 is 16.8 Å². The molecular formula is C20H21N3O3. The second-order valence-corrected chi connectivity index (χ2v) is 6.86. The van der Waals surface area contributed by atoms with Crippen LogP contribution in [0, 0.1) is 6.92 Å². The number of hydrogen-bond acceptors (Lipinski definition) is 3. The number of fused-ring (bicyclic) bond motifs is 2. The van der Waals surface area contributed by atoms with E-state index in [1.807, 2.05) is 36.7 Å². The van der Waals surface area contributed by atoms with E-state index in [0.717, 1.165) is 28.0 Å². The molecular weight excluding hydrogens is 330 g/mol. The van der Waals surface area contributed by atoms with Crippen LogP contribution in [0.4, 0.5) is 0 Å². The van der Waals surface area contributed by atoms with Crippen molar-refractivity contribution in [3.05, 3.63) is 63.2 Å². The fraction of sp³-hybridized carbons (Fsp3) is 0.300. The van der Waals surface area contributed by atoms with E-state index in [4.69, 9.17) is 4.74 Å². The number of aryl methyl sites for hydroxylation is 3. The van der Waals surface area contributed by atoms with E-state index in [-0.39, 0.29) is 11.5 Å². The molecule has 26 heavy (non-hydrogen) atoms. The second-order valence-electron chi connectivity index (χ2n) is 6.86. The minimum atomic E-state index is -0.149. The first-order valence-corrected chi connectivity index (χ1v) is 8.51. The summed E-state index contributed by atoms with van der Waals surface area (Å²) in [6, 6.07) is 5.85. The predicted molar refractivity (Wildman–Crippen MR) is 99.5 cm³/mol. The van der Waals surface area contributed by atoms with Crippen LogP contribution < -0.4 is 10.3 Å². The summed E-state index contributed by atoms with van der Waals surface area (Å²) < 4.78 is 8.82. The molecule has 0 N–H and O–H groups in total. The number of benzene rings is 1. The predicted octanol–water partition coefficient (Wildman–Crippen LogP) is 2.35. The molecule has 0 aliphatic carbocycles. The summed E-state index contributed by atoms with van der Waals surface area (Å²) >= 11 is 0. The molecule has 134 valence electrons. The van der Waals surface area contributed by atoms with Gasteiger partial charge in [0.15, 0.2) is 0 Å². The Bertz CT molecular complexity index is 1110. The standard InChI is InChI=1S/C20H21N3O3/c1-12-8-22(3)20(25)17-15(10-21(2)18(12)17)19(24)23-9-13-6-5-7-16(26-4)14(13)11-23/h5-8,10H,9,11H2,1-4H3. The smallest absolute Gasteiger partial charge is 0.260 e. The van der Waals surface area contributed by atoms with Crippen molar-refractivity contribution in [3.63, 3.8) is 0 Å². The molecule has 6 nitrogen and oxygen atoms in total. The van der Waals surface area contributed by atoms with Gasteiger partial charge in [-0.3, -0.25) is 9.59 Å². The van der Waals surface area contributed by atoms with Crippen molar-refractivity contribution in [2.75, 3.05) is 7.11 Å². The molecule has 1 amide bonds. The quantitative estimate of drug-likeness (QED) is 0.712. The van der Waals surface area contributed by atoms with Crippen molar-refractivity contribution in [2.45, 2.75) is 20.0 Å². The maximum absolute atomic E-state index is 13.2. The molecule has 0 unspecified atom stereocenters. The van der Waals surface area contributed by atoms with Crippen molar-refractivity contribution in [1.29, 1.82) is 0 Å². The van der Waals surface area contributed by atoms with Gasteiger partial charge in [-0.15, -0.1) is 0 Å². The first kappa shape index (κ1) is 16.4. The van der Waals surface area contributed by atoms with E-state index in [0.29, 0.717) is 24.0 Å². The van der Waals surface area contributed by atoms with Gasteiger partial charge in [0, 0.05) is 38.6 Å². The number of methoxy groups -OCH3 is 1. The van der Waals surface area contributed by atoms with Crippen LogP contribution in [0.3, 0.4) is 0 Å². The largest absolute Gasteiger partial charge is 0.496 e. The summed E-state index contributed by atoms with van der Waals surface area (Å²) in [6.07, 6.45) is 3.57. The fourth-order valence-corrected chi connectivity index (χ4v) is 3.96. The number of pyridine rings is 1. The third-order valence-electron chi connectivity index (χ3n) is 5.15. The Morgan fingerprint density at radius 3 is 2.62 bits per heavy atom. The van der Waals surface area contributed by atoms with Crippen LogP contribution in [0.1, 0.15) is 27.0 Å². The summed E-state index contributed by atoms with van der Waals surface area (Å²) in [5, 5.41) is 0.489. The lowest BCUT2D eigenvalue weighted by molar-refractivity contribution is 0.0752. The summed E-state index contributed by atoms with van der Waals surface area (Å²) in [5.41, 5.74) is 4.21. The van der Waals surface area contributed by atoms with Gasteiger partial charge in [-0.2, -0.15) is 0 Å². The van der Waals surface area contributed by atoms with Gasteiger partial charge in [0.25, 0.3) is 11.5 Å². The Morgan fingerprint density at radius 1 is 1.12 bits per heavy atom. The zero-order valence-electron chi connectivity index (χ0n) is 15.4. The van der Waals surface area contributed by atoms with Gasteiger partial charge in [0.2, 0.25) is 0 Å².